The van der Waals surface area contributed by atoms with Crippen LogP contribution in [0.3, 0.4) is 0 Å². The Morgan fingerprint density at radius 1 is 1.24 bits per heavy atom. The number of hydrogen-bond acceptors (Lipinski definition) is 3. The molecule has 2 fully saturated rings. The lowest BCUT2D eigenvalue weighted by Gasteiger charge is -2.23. The van der Waals surface area contributed by atoms with Gasteiger partial charge in [-0.2, -0.15) is 5.10 Å². The third kappa shape index (κ3) is 3.64. The van der Waals surface area contributed by atoms with E-state index in [2.05, 4.69) is 21.8 Å². The number of carboxylic acid groups (broad SMARTS) is 1. The molecule has 0 aromatic carbocycles. The standard InChI is InChI=1S/C16H25N3O2/c20-16(21)11-15-7-4-9-18(15)12-13-8-10-19(17-13)14-5-2-1-3-6-14/h8,10,14-15H,1-7,9,11-12H2,(H,20,21). The van der Waals surface area contributed by atoms with Crippen molar-refractivity contribution in [2.75, 3.05) is 6.54 Å². The zero-order chi connectivity index (χ0) is 14.7. The Bertz CT molecular complexity index is 480. The van der Waals surface area contributed by atoms with Crippen LogP contribution in [0, 0.1) is 0 Å². The van der Waals surface area contributed by atoms with Gasteiger partial charge in [0.05, 0.1) is 18.2 Å². The molecule has 1 atom stereocenters. The predicted octanol–water partition coefficient (Wildman–Crippen LogP) is 2.83. The van der Waals surface area contributed by atoms with Crippen LogP contribution in [0.15, 0.2) is 12.3 Å². The average Bonchev–Trinajstić information content (AvgIpc) is 3.10. The van der Waals surface area contributed by atoms with Gasteiger partial charge in [0.15, 0.2) is 0 Å². The van der Waals surface area contributed by atoms with Gasteiger partial charge in [-0.05, 0) is 38.3 Å². The number of likely N-dealkylation sites (tertiary alicyclic amines) is 1. The van der Waals surface area contributed by atoms with E-state index in [1.54, 1.807) is 0 Å². The molecule has 0 amide bonds. The smallest absolute Gasteiger partial charge is 0.304 e. The third-order valence-corrected chi connectivity index (χ3v) is 4.89. The highest BCUT2D eigenvalue weighted by molar-refractivity contribution is 5.67. The first-order valence-electron chi connectivity index (χ1n) is 8.22. The lowest BCUT2D eigenvalue weighted by molar-refractivity contribution is -0.138. The Morgan fingerprint density at radius 2 is 2.05 bits per heavy atom. The topological polar surface area (TPSA) is 58.4 Å². The summed E-state index contributed by atoms with van der Waals surface area (Å²) in [6.45, 7) is 1.78. The fraction of sp³-hybridized carbons (Fsp3) is 0.750. The summed E-state index contributed by atoms with van der Waals surface area (Å²) in [6.07, 6.45) is 10.9. The maximum absolute atomic E-state index is 10.9. The van der Waals surface area contributed by atoms with Crippen molar-refractivity contribution in [2.45, 2.75) is 70.0 Å². The predicted molar refractivity (Wildman–Crippen MR) is 80.0 cm³/mol. The lowest BCUT2D eigenvalue weighted by Crippen LogP contribution is -2.31. The Kier molecular flexibility index (Phi) is 4.58. The molecule has 5 heteroatoms. The van der Waals surface area contributed by atoms with Crippen molar-refractivity contribution in [3.63, 3.8) is 0 Å². The molecule has 1 aliphatic heterocycles. The number of hydrogen-bond donors (Lipinski definition) is 1. The largest absolute Gasteiger partial charge is 0.481 e. The number of carbonyl (C=O) groups is 1. The van der Waals surface area contributed by atoms with Gasteiger partial charge in [-0.3, -0.25) is 14.4 Å². The van der Waals surface area contributed by atoms with Crippen molar-refractivity contribution in [3.8, 4) is 0 Å². The van der Waals surface area contributed by atoms with Gasteiger partial charge in [0.2, 0.25) is 0 Å². The summed E-state index contributed by atoms with van der Waals surface area (Å²) in [7, 11) is 0. The molecule has 1 unspecified atom stereocenters. The summed E-state index contributed by atoms with van der Waals surface area (Å²) in [6, 6.07) is 2.85. The molecule has 0 bridgehead atoms. The lowest BCUT2D eigenvalue weighted by atomic mass is 9.96. The summed E-state index contributed by atoms with van der Waals surface area (Å²) in [5.41, 5.74) is 1.08. The Balaban J connectivity index is 1.59. The Labute approximate surface area is 125 Å². The minimum absolute atomic E-state index is 0.183. The molecule has 1 N–H and O–H groups in total. The second-order valence-corrected chi connectivity index (χ2v) is 6.44. The number of aliphatic carboxylic acids is 1. The molecule has 0 radical (unpaired) electrons. The molecular formula is C16H25N3O2. The highest BCUT2D eigenvalue weighted by Crippen LogP contribution is 2.28. The van der Waals surface area contributed by atoms with E-state index in [9.17, 15) is 4.79 Å². The molecule has 3 rings (SSSR count). The molecule has 21 heavy (non-hydrogen) atoms. The molecule has 1 aromatic heterocycles. The number of aromatic nitrogens is 2. The fourth-order valence-corrected chi connectivity index (χ4v) is 3.75. The van der Waals surface area contributed by atoms with Crippen molar-refractivity contribution < 1.29 is 9.90 Å². The first kappa shape index (κ1) is 14.6. The maximum Gasteiger partial charge on any atom is 0.304 e. The summed E-state index contributed by atoms with van der Waals surface area (Å²) in [5, 5.41) is 13.7. The maximum atomic E-state index is 10.9. The van der Waals surface area contributed by atoms with Crippen LogP contribution in [-0.4, -0.2) is 38.3 Å². The number of nitrogens with zero attached hydrogens (tertiary/aromatic N) is 3. The van der Waals surface area contributed by atoms with E-state index in [-0.39, 0.29) is 12.5 Å². The first-order chi connectivity index (χ1) is 10.2. The van der Waals surface area contributed by atoms with Gasteiger partial charge in [-0.15, -0.1) is 0 Å². The van der Waals surface area contributed by atoms with Crippen LogP contribution in [0.4, 0.5) is 0 Å². The van der Waals surface area contributed by atoms with Crippen LogP contribution in [0.5, 0.6) is 0 Å². The van der Waals surface area contributed by atoms with Crippen LogP contribution in [0.1, 0.15) is 63.1 Å². The van der Waals surface area contributed by atoms with Gasteiger partial charge in [0, 0.05) is 18.8 Å². The molecule has 5 nitrogen and oxygen atoms in total. The van der Waals surface area contributed by atoms with Gasteiger partial charge >= 0.3 is 5.97 Å². The summed E-state index contributed by atoms with van der Waals surface area (Å²) >= 11 is 0. The molecule has 1 aromatic rings. The van der Waals surface area contributed by atoms with Crippen LogP contribution < -0.4 is 0 Å². The highest BCUT2D eigenvalue weighted by Gasteiger charge is 2.27. The molecule has 2 aliphatic rings. The molecule has 116 valence electrons. The van der Waals surface area contributed by atoms with Crippen molar-refractivity contribution in [2.24, 2.45) is 0 Å². The van der Waals surface area contributed by atoms with Gasteiger partial charge in [-0.25, -0.2) is 0 Å². The average molecular weight is 291 g/mol. The zero-order valence-corrected chi connectivity index (χ0v) is 12.6. The van der Waals surface area contributed by atoms with E-state index >= 15 is 0 Å². The van der Waals surface area contributed by atoms with Crippen LogP contribution >= 0.6 is 0 Å². The van der Waals surface area contributed by atoms with Crippen LogP contribution in [0.25, 0.3) is 0 Å². The highest BCUT2D eigenvalue weighted by atomic mass is 16.4. The van der Waals surface area contributed by atoms with E-state index in [0.29, 0.717) is 6.04 Å². The minimum atomic E-state index is -0.695. The molecule has 2 heterocycles. The summed E-state index contributed by atoms with van der Waals surface area (Å²) in [4.78, 5) is 13.2. The zero-order valence-electron chi connectivity index (χ0n) is 12.6. The van der Waals surface area contributed by atoms with E-state index in [1.807, 2.05) is 0 Å². The van der Waals surface area contributed by atoms with Crippen molar-refractivity contribution in [1.29, 1.82) is 0 Å². The second-order valence-electron chi connectivity index (χ2n) is 6.44. The Morgan fingerprint density at radius 3 is 2.81 bits per heavy atom. The van der Waals surface area contributed by atoms with E-state index in [0.717, 1.165) is 31.6 Å². The van der Waals surface area contributed by atoms with Gasteiger partial charge < -0.3 is 5.11 Å². The number of rotatable bonds is 5. The fourth-order valence-electron chi connectivity index (χ4n) is 3.75. The van der Waals surface area contributed by atoms with Gasteiger partial charge in [-0.1, -0.05) is 19.3 Å². The first-order valence-corrected chi connectivity index (χ1v) is 8.22. The number of carboxylic acids is 1. The van der Waals surface area contributed by atoms with Crippen LogP contribution in [0.2, 0.25) is 0 Å². The monoisotopic (exact) mass is 291 g/mol. The minimum Gasteiger partial charge on any atom is -0.481 e. The van der Waals surface area contributed by atoms with E-state index in [1.165, 1.54) is 32.1 Å². The van der Waals surface area contributed by atoms with Crippen molar-refractivity contribution >= 4 is 5.97 Å². The van der Waals surface area contributed by atoms with E-state index in [4.69, 9.17) is 10.2 Å². The van der Waals surface area contributed by atoms with Crippen molar-refractivity contribution in [3.05, 3.63) is 18.0 Å². The second kappa shape index (κ2) is 6.60. The normalized spacial score (nSPS) is 24.5. The van der Waals surface area contributed by atoms with Gasteiger partial charge in [0.25, 0.3) is 0 Å². The Hall–Kier alpha value is -1.36. The van der Waals surface area contributed by atoms with E-state index < -0.39 is 5.97 Å². The molecule has 0 spiro atoms. The molecule has 1 aliphatic carbocycles. The summed E-state index contributed by atoms with van der Waals surface area (Å²) < 4.78 is 2.14. The summed E-state index contributed by atoms with van der Waals surface area (Å²) in [5.74, 6) is -0.695. The molecule has 1 saturated carbocycles. The quantitative estimate of drug-likeness (QED) is 0.906. The SMILES string of the molecule is O=C(O)CC1CCCN1Cc1ccn(C2CCCCC2)n1. The van der Waals surface area contributed by atoms with Gasteiger partial charge in [0.1, 0.15) is 0 Å². The molecular weight excluding hydrogens is 266 g/mol. The van der Waals surface area contributed by atoms with Crippen LogP contribution in [-0.2, 0) is 11.3 Å². The third-order valence-electron chi connectivity index (χ3n) is 4.89. The van der Waals surface area contributed by atoms with Crippen molar-refractivity contribution in [1.82, 2.24) is 14.7 Å². The molecule has 1 saturated heterocycles.